The van der Waals surface area contributed by atoms with Gasteiger partial charge in [-0.15, -0.1) is 0 Å². The van der Waals surface area contributed by atoms with Gasteiger partial charge in [-0.3, -0.25) is 14.4 Å². The van der Waals surface area contributed by atoms with Crippen LogP contribution in [0.4, 0.5) is 0 Å². The van der Waals surface area contributed by atoms with Crippen LogP contribution in [0.1, 0.15) is 36.6 Å². The van der Waals surface area contributed by atoms with Gasteiger partial charge in [0.25, 0.3) is 0 Å². The highest BCUT2D eigenvalue weighted by molar-refractivity contribution is 9.10. The van der Waals surface area contributed by atoms with Gasteiger partial charge in [0.15, 0.2) is 17.3 Å². The fourth-order valence-corrected chi connectivity index (χ4v) is 3.82. The first kappa shape index (κ1) is 13.3. The summed E-state index contributed by atoms with van der Waals surface area (Å²) in [5, 5.41) is 0. The molecule has 3 nitrogen and oxygen atoms in total. The topological polar surface area (TPSA) is 51.2 Å². The van der Waals surface area contributed by atoms with Crippen LogP contribution in [0.25, 0.3) is 5.57 Å². The Morgan fingerprint density at radius 1 is 0.682 bits per heavy atom. The van der Waals surface area contributed by atoms with Crippen molar-refractivity contribution < 1.29 is 14.4 Å². The summed E-state index contributed by atoms with van der Waals surface area (Å²) in [6.07, 6.45) is 0. The maximum Gasteiger partial charge on any atom is 0.198 e. The maximum atomic E-state index is 12.6. The van der Waals surface area contributed by atoms with E-state index in [2.05, 4.69) is 15.9 Å². The number of hydrogen-bond donors (Lipinski definition) is 0. The lowest BCUT2D eigenvalue weighted by Gasteiger charge is -2.06. The number of carbonyl (C=O) groups is 3. The van der Waals surface area contributed by atoms with Gasteiger partial charge in [-0.05, 0) is 11.1 Å². The standard InChI is InChI=1S/C18H9BrO3/c19-15-13(9-5-1-2-6-10(9)18(15)22)14-16(20)11-7-3-4-8-12(11)17(14)21/h1-8,15H. The van der Waals surface area contributed by atoms with E-state index in [0.29, 0.717) is 27.8 Å². The number of halogens is 1. The molecule has 0 aromatic heterocycles. The zero-order valence-electron chi connectivity index (χ0n) is 11.3. The molecule has 2 aliphatic carbocycles. The lowest BCUT2D eigenvalue weighted by atomic mass is 9.98. The third-order valence-electron chi connectivity index (χ3n) is 4.11. The zero-order chi connectivity index (χ0) is 15.4. The number of allylic oxidation sites excluding steroid dienone is 2. The summed E-state index contributed by atoms with van der Waals surface area (Å²) in [5.74, 6) is -0.719. The van der Waals surface area contributed by atoms with Crippen LogP contribution in [0.3, 0.4) is 0 Å². The van der Waals surface area contributed by atoms with E-state index in [1.54, 1.807) is 48.5 Å². The Kier molecular flexibility index (Phi) is 2.78. The lowest BCUT2D eigenvalue weighted by molar-refractivity contribution is 0.0989. The van der Waals surface area contributed by atoms with Crippen molar-refractivity contribution in [1.29, 1.82) is 0 Å². The van der Waals surface area contributed by atoms with Crippen LogP contribution < -0.4 is 0 Å². The number of ketones is 3. The van der Waals surface area contributed by atoms with E-state index in [1.165, 1.54) is 0 Å². The third kappa shape index (κ3) is 1.58. The van der Waals surface area contributed by atoms with Crippen molar-refractivity contribution in [2.24, 2.45) is 0 Å². The van der Waals surface area contributed by atoms with Crippen molar-refractivity contribution in [1.82, 2.24) is 0 Å². The van der Waals surface area contributed by atoms with E-state index in [1.807, 2.05) is 0 Å². The molecule has 2 aromatic carbocycles. The molecular formula is C18H9BrO3. The molecule has 0 bridgehead atoms. The maximum absolute atomic E-state index is 12.6. The number of Topliss-reactive ketones (excluding diaryl/α,β-unsaturated/α-hetero) is 3. The van der Waals surface area contributed by atoms with E-state index < -0.39 is 4.83 Å². The predicted molar refractivity (Wildman–Crippen MR) is 85.5 cm³/mol. The average molecular weight is 353 g/mol. The minimum atomic E-state index is -0.651. The zero-order valence-corrected chi connectivity index (χ0v) is 12.9. The summed E-state index contributed by atoms with van der Waals surface area (Å²) in [5.41, 5.74) is 2.63. The Balaban J connectivity index is 2.03. The molecule has 0 N–H and O–H groups in total. The molecule has 106 valence electrons. The van der Waals surface area contributed by atoms with Gasteiger partial charge in [0.05, 0.1) is 5.57 Å². The number of rotatable bonds is 0. The van der Waals surface area contributed by atoms with Crippen molar-refractivity contribution in [3.05, 3.63) is 76.4 Å². The van der Waals surface area contributed by atoms with Gasteiger partial charge in [-0.2, -0.15) is 0 Å². The Morgan fingerprint density at radius 3 is 1.68 bits per heavy atom. The van der Waals surface area contributed by atoms with Gasteiger partial charge in [0.1, 0.15) is 4.83 Å². The second kappa shape index (κ2) is 4.58. The Bertz CT molecular complexity index is 871. The van der Waals surface area contributed by atoms with Crippen LogP contribution in [0.5, 0.6) is 0 Å². The highest BCUT2D eigenvalue weighted by Crippen LogP contribution is 2.42. The molecule has 1 unspecified atom stereocenters. The molecule has 0 spiro atoms. The first-order valence-electron chi connectivity index (χ1n) is 6.81. The summed E-state index contributed by atoms with van der Waals surface area (Å²) in [6.45, 7) is 0. The van der Waals surface area contributed by atoms with Crippen molar-refractivity contribution in [3.8, 4) is 0 Å². The Labute approximate surface area is 134 Å². The quantitative estimate of drug-likeness (QED) is 0.414. The Hall–Kier alpha value is -2.33. The van der Waals surface area contributed by atoms with E-state index in [4.69, 9.17) is 0 Å². The summed E-state index contributed by atoms with van der Waals surface area (Å²) in [7, 11) is 0. The summed E-state index contributed by atoms with van der Waals surface area (Å²) < 4.78 is 0. The molecule has 0 heterocycles. The van der Waals surface area contributed by atoms with Crippen LogP contribution in [0, 0.1) is 0 Å². The molecule has 0 radical (unpaired) electrons. The largest absolute Gasteiger partial charge is 0.293 e. The van der Waals surface area contributed by atoms with E-state index in [9.17, 15) is 14.4 Å². The van der Waals surface area contributed by atoms with Crippen molar-refractivity contribution in [2.75, 3.05) is 0 Å². The molecule has 0 saturated carbocycles. The van der Waals surface area contributed by atoms with E-state index >= 15 is 0 Å². The molecule has 4 heteroatoms. The normalized spacial score (nSPS) is 19.7. The van der Waals surface area contributed by atoms with Crippen molar-refractivity contribution >= 4 is 38.9 Å². The van der Waals surface area contributed by atoms with E-state index in [-0.39, 0.29) is 22.9 Å². The van der Waals surface area contributed by atoms with Crippen LogP contribution in [-0.4, -0.2) is 22.2 Å². The number of hydrogen-bond acceptors (Lipinski definition) is 3. The van der Waals surface area contributed by atoms with Crippen molar-refractivity contribution in [3.63, 3.8) is 0 Å². The SMILES string of the molecule is O=C1C(=C2c3ccccc3C(=O)C2Br)C(=O)c2ccccc21. The predicted octanol–water partition coefficient (Wildman–Crippen LogP) is 3.48. The van der Waals surface area contributed by atoms with Gasteiger partial charge in [0.2, 0.25) is 0 Å². The third-order valence-corrected chi connectivity index (χ3v) is 4.98. The molecule has 0 saturated heterocycles. The number of benzene rings is 2. The van der Waals surface area contributed by atoms with E-state index in [0.717, 1.165) is 0 Å². The summed E-state index contributed by atoms with van der Waals surface area (Å²) in [4.78, 5) is 37.0. The summed E-state index contributed by atoms with van der Waals surface area (Å²) >= 11 is 3.35. The first-order valence-corrected chi connectivity index (χ1v) is 7.73. The summed E-state index contributed by atoms with van der Waals surface area (Å²) in [6, 6.07) is 13.8. The average Bonchev–Trinajstić information content (AvgIpc) is 2.94. The molecule has 22 heavy (non-hydrogen) atoms. The molecular weight excluding hydrogens is 344 g/mol. The Morgan fingerprint density at radius 2 is 1.14 bits per heavy atom. The smallest absolute Gasteiger partial charge is 0.198 e. The van der Waals surface area contributed by atoms with Crippen LogP contribution in [0.2, 0.25) is 0 Å². The van der Waals surface area contributed by atoms with Gasteiger partial charge in [-0.1, -0.05) is 64.5 Å². The molecule has 2 aromatic rings. The van der Waals surface area contributed by atoms with Gasteiger partial charge in [-0.25, -0.2) is 0 Å². The molecule has 0 amide bonds. The first-order chi connectivity index (χ1) is 10.6. The molecule has 0 fully saturated rings. The van der Waals surface area contributed by atoms with Gasteiger partial charge < -0.3 is 0 Å². The number of carbonyl (C=O) groups excluding carboxylic acids is 3. The van der Waals surface area contributed by atoms with Crippen LogP contribution >= 0.6 is 15.9 Å². The minimum absolute atomic E-state index is 0.112. The van der Waals surface area contributed by atoms with Gasteiger partial charge >= 0.3 is 0 Å². The van der Waals surface area contributed by atoms with Crippen LogP contribution in [-0.2, 0) is 0 Å². The monoisotopic (exact) mass is 352 g/mol. The second-order valence-electron chi connectivity index (χ2n) is 5.26. The minimum Gasteiger partial charge on any atom is -0.293 e. The fourth-order valence-electron chi connectivity index (χ4n) is 3.09. The molecule has 0 aliphatic heterocycles. The van der Waals surface area contributed by atoms with Gasteiger partial charge in [0, 0.05) is 16.7 Å². The molecule has 2 aliphatic rings. The fraction of sp³-hybridized carbons (Fsp3) is 0.0556. The number of alkyl halides is 1. The second-order valence-corrected chi connectivity index (χ2v) is 6.18. The molecule has 4 rings (SSSR count). The van der Waals surface area contributed by atoms with Crippen molar-refractivity contribution in [2.45, 2.75) is 4.83 Å². The lowest BCUT2D eigenvalue weighted by Crippen LogP contribution is -2.12. The molecule has 1 atom stereocenters. The number of fused-ring (bicyclic) bond motifs is 2. The van der Waals surface area contributed by atoms with Crippen LogP contribution in [0.15, 0.2) is 54.1 Å². The highest BCUT2D eigenvalue weighted by atomic mass is 79.9. The highest BCUT2D eigenvalue weighted by Gasteiger charge is 2.42.